The number of benzene rings is 1. The lowest BCUT2D eigenvalue weighted by Crippen LogP contribution is -2.41. The van der Waals surface area contributed by atoms with Gasteiger partial charge in [-0.3, -0.25) is 9.47 Å². The first-order chi connectivity index (χ1) is 19.7. The van der Waals surface area contributed by atoms with Gasteiger partial charge in [0.05, 0.1) is 35.1 Å². The maximum absolute atomic E-state index is 13.5. The Morgan fingerprint density at radius 2 is 2.02 bits per heavy atom. The summed E-state index contributed by atoms with van der Waals surface area (Å²) >= 11 is 0.705. The molecule has 4 heterocycles. The molecule has 1 aromatic carbocycles. The summed E-state index contributed by atoms with van der Waals surface area (Å²) in [5.74, 6) is 0.642. The third-order valence-corrected chi connectivity index (χ3v) is 9.83. The number of nitrogens with zero attached hydrogens (tertiary/aromatic N) is 8. The number of aromatic nitrogens is 5. The van der Waals surface area contributed by atoms with Crippen molar-refractivity contribution in [2.45, 2.75) is 36.6 Å². The molecule has 41 heavy (non-hydrogen) atoms. The van der Waals surface area contributed by atoms with E-state index in [0.29, 0.717) is 78.2 Å². The van der Waals surface area contributed by atoms with Crippen LogP contribution < -0.4 is 9.62 Å². The van der Waals surface area contributed by atoms with Crippen molar-refractivity contribution in [3.63, 3.8) is 0 Å². The van der Waals surface area contributed by atoms with Crippen LogP contribution in [0.1, 0.15) is 31.2 Å². The van der Waals surface area contributed by atoms with Crippen LogP contribution in [0, 0.1) is 11.3 Å². The van der Waals surface area contributed by atoms with Gasteiger partial charge in [-0.05, 0) is 31.9 Å². The highest BCUT2D eigenvalue weighted by Crippen LogP contribution is 2.39. The zero-order valence-electron chi connectivity index (χ0n) is 22.1. The maximum atomic E-state index is 13.5. The molecule has 4 aromatic rings. The van der Waals surface area contributed by atoms with E-state index in [9.17, 15) is 22.5 Å². The van der Waals surface area contributed by atoms with Crippen LogP contribution in [0.25, 0.3) is 27.1 Å². The Labute approximate surface area is 238 Å². The van der Waals surface area contributed by atoms with Crippen molar-refractivity contribution in [3.8, 4) is 11.2 Å². The van der Waals surface area contributed by atoms with Gasteiger partial charge in [0.15, 0.2) is 10.7 Å². The molecule has 1 aliphatic heterocycles. The Kier molecular flexibility index (Phi) is 7.32. The van der Waals surface area contributed by atoms with Gasteiger partial charge >= 0.3 is 0 Å². The van der Waals surface area contributed by atoms with Gasteiger partial charge in [-0.1, -0.05) is 17.4 Å². The number of alkyl halides is 2. The molecule has 0 radical (unpaired) electrons. The number of ether oxygens (including phenoxy) is 1. The summed E-state index contributed by atoms with van der Waals surface area (Å²) in [6.07, 6.45) is -0.537. The molecule has 0 unspecified atom stereocenters. The summed E-state index contributed by atoms with van der Waals surface area (Å²) in [7, 11) is -4.06. The molecule has 0 spiro atoms. The molecule has 3 aromatic heterocycles. The van der Waals surface area contributed by atoms with E-state index in [4.69, 9.17) is 4.74 Å². The summed E-state index contributed by atoms with van der Waals surface area (Å²) < 4.78 is 62.9. The molecular weight excluding hydrogens is 576 g/mol. The van der Waals surface area contributed by atoms with Crippen LogP contribution in [0.2, 0.25) is 0 Å². The van der Waals surface area contributed by atoms with Crippen molar-refractivity contribution in [3.05, 3.63) is 29.5 Å². The second-order valence-corrected chi connectivity index (χ2v) is 12.6. The molecule has 216 valence electrons. The smallest absolute Gasteiger partial charge is 0.291 e. The number of hydrogen-bond acceptors (Lipinski definition) is 11. The summed E-state index contributed by atoms with van der Waals surface area (Å²) in [5, 5.41) is 18.0. The molecule has 2 fully saturated rings. The first-order valence-electron chi connectivity index (χ1n) is 13.2. The van der Waals surface area contributed by atoms with Crippen LogP contribution in [-0.4, -0.2) is 89.5 Å². The molecule has 1 saturated carbocycles. The van der Waals surface area contributed by atoms with Gasteiger partial charge in [0.2, 0.25) is 15.2 Å². The van der Waals surface area contributed by atoms with Crippen molar-refractivity contribution in [2.24, 2.45) is 0 Å². The first kappa shape index (κ1) is 27.8. The predicted molar refractivity (Wildman–Crippen MR) is 148 cm³/mol. The van der Waals surface area contributed by atoms with E-state index in [-0.39, 0.29) is 10.0 Å². The lowest BCUT2D eigenvalue weighted by molar-refractivity contribution is 0.0392. The highest BCUT2D eigenvalue weighted by atomic mass is 32.2. The second-order valence-electron chi connectivity index (χ2n) is 9.97. The lowest BCUT2D eigenvalue weighted by atomic mass is 10.2. The predicted octanol–water partition coefficient (Wildman–Crippen LogP) is 2.86. The van der Waals surface area contributed by atoms with E-state index in [0.717, 1.165) is 19.6 Å². The first-order valence-corrected chi connectivity index (χ1v) is 15.5. The average molecular weight is 604 g/mol. The minimum Gasteiger partial charge on any atom is -0.379 e. The monoisotopic (exact) mass is 603 g/mol. The van der Waals surface area contributed by atoms with E-state index in [1.165, 1.54) is 18.5 Å². The van der Waals surface area contributed by atoms with Gasteiger partial charge in [-0.2, -0.15) is 9.98 Å². The highest BCUT2D eigenvalue weighted by Gasteiger charge is 2.46. The van der Waals surface area contributed by atoms with Crippen LogP contribution in [0.15, 0.2) is 29.4 Å². The van der Waals surface area contributed by atoms with Gasteiger partial charge in [0, 0.05) is 38.1 Å². The molecule has 0 bridgehead atoms. The number of rotatable bonds is 10. The summed E-state index contributed by atoms with van der Waals surface area (Å²) in [6.45, 7) is 7.20. The van der Waals surface area contributed by atoms with E-state index in [2.05, 4.69) is 34.7 Å². The number of nitriles is 1. The van der Waals surface area contributed by atoms with E-state index in [1.807, 2.05) is 13.0 Å². The van der Waals surface area contributed by atoms with E-state index >= 15 is 0 Å². The SMILES string of the molecule is CCN(CCN1CCOCC1)c1ncnc2c1c1ccc(S(=O)(=O)NC3(C#N)CC3)cc1n2-c1nnc(C(F)F)s1. The van der Waals surface area contributed by atoms with Crippen molar-refractivity contribution >= 4 is 49.1 Å². The maximum Gasteiger partial charge on any atom is 0.291 e. The quantitative estimate of drug-likeness (QED) is 0.288. The topological polar surface area (TPSA) is 142 Å². The Morgan fingerprint density at radius 3 is 2.68 bits per heavy atom. The number of nitrogens with one attached hydrogen (secondary N) is 1. The van der Waals surface area contributed by atoms with Crippen LogP contribution >= 0.6 is 11.3 Å². The third-order valence-electron chi connectivity index (χ3n) is 7.38. The normalized spacial score (nSPS) is 17.3. The Morgan fingerprint density at radius 1 is 1.24 bits per heavy atom. The molecule has 1 aliphatic carbocycles. The number of hydrogen-bond donors (Lipinski definition) is 1. The van der Waals surface area contributed by atoms with Crippen molar-refractivity contribution in [2.75, 3.05) is 50.8 Å². The Balaban J connectivity index is 1.49. The van der Waals surface area contributed by atoms with Crippen LogP contribution in [0.4, 0.5) is 14.6 Å². The Hall–Kier alpha value is -3.36. The zero-order chi connectivity index (χ0) is 28.8. The zero-order valence-corrected chi connectivity index (χ0v) is 23.8. The van der Waals surface area contributed by atoms with Gasteiger partial charge < -0.3 is 9.64 Å². The van der Waals surface area contributed by atoms with Crippen LogP contribution in [0.5, 0.6) is 0 Å². The third kappa shape index (κ3) is 5.24. The van der Waals surface area contributed by atoms with Gasteiger partial charge in [-0.25, -0.2) is 27.2 Å². The number of anilines is 1. The minimum absolute atomic E-state index is 0.0663. The number of morpholine rings is 1. The van der Waals surface area contributed by atoms with Gasteiger partial charge in [0.1, 0.15) is 17.7 Å². The van der Waals surface area contributed by atoms with Crippen LogP contribution in [0.3, 0.4) is 0 Å². The molecule has 1 saturated heterocycles. The molecule has 6 rings (SSSR count). The standard InChI is InChI=1S/C25H27F2N9O3S2/c1-2-35(8-7-34-9-11-39-12-10-34)21-19-17-4-3-16(41(37,38)33-25(14-28)5-6-25)13-18(17)36(22(19)30-15-29-21)24-32-31-23(40-24)20(26)27/h3-4,13,15,20,33H,2,5-12H2,1H3. The molecule has 0 amide bonds. The summed E-state index contributed by atoms with van der Waals surface area (Å²) in [5.41, 5.74) is -0.315. The number of fused-ring (bicyclic) bond motifs is 3. The minimum atomic E-state index is -4.06. The Bertz CT molecular complexity index is 1740. The summed E-state index contributed by atoms with van der Waals surface area (Å²) in [6, 6.07) is 6.61. The molecule has 0 atom stereocenters. The van der Waals surface area contributed by atoms with Crippen molar-refractivity contribution in [1.82, 2.24) is 34.4 Å². The van der Waals surface area contributed by atoms with Crippen molar-refractivity contribution in [1.29, 1.82) is 5.26 Å². The largest absolute Gasteiger partial charge is 0.379 e. The fourth-order valence-corrected chi connectivity index (χ4v) is 7.10. The summed E-state index contributed by atoms with van der Waals surface area (Å²) in [4.78, 5) is 13.5. The lowest BCUT2D eigenvalue weighted by Gasteiger charge is -2.30. The molecule has 1 N–H and O–H groups in total. The van der Waals surface area contributed by atoms with E-state index < -0.39 is 27.0 Å². The fraction of sp³-hybridized carbons (Fsp3) is 0.480. The number of sulfonamides is 1. The number of likely N-dealkylation sites (N-methyl/N-ethyl adjacent to an activating group) is 1. The second kappa shape index (κ2) is 10.8. The fourth-order valence-electron chi connectivity index (χ4n) is 4.98. The molecule has 16 heteroatoms. The van der Waals surface area contributed by atoms with Gasteiger partial charge in [0.25, 0.3) is 6.43 Å². The number of halogens is 2. The molecule has 12 nitrogen and oxygen atoms in total. The average Bonchev–Trinajstić information content (AvgIpc) is 3.41. The van der Waals surface area contributed by atoms with Gasteiger partial charge in [-0.15, -0.1) is 10.2 Å². The highest BCUT2D eigenvalue weighted by molar-refractivity contribution is 7.89. The van der Waals surface area contributed by atoms with Crippen molar-refractivity contribution < 1.29 is 21.9 Å². The molecular formula is C25H27F2N9O3S2. The van der Waals surface area contributed by atoms with Crippen LogP contribution in [-0.2, 0) is 14.8 Å². The molecule has 2 aliphatic rings. The van der Waals surface area contributed by atoms with E-state index in [1.54, 1.807) is 10.6 Å².